The van der Waals surface area contributed by atoms with Crippen LogP contribution in [0.2, 0.25) is 0 Å². The molecule has 1 aromatic heterocycles. The second-order valence-corrected chi connectivity index (χ2v) is 6.84. The van der Waals surface area contributed by atoms with Crippen molar-refractivity contribution in [3.8, 4) is 0 Å². The Labute approximate surface area is 165 Å². The summed E-state index contributed by atoms with van der Waals surface area (Å²) in [5, 5.41) is 25.0. The summed E-state index contributed by atoms with van der Waals surface area (Å²) >= 11 is 0. The van der Waals surface area contributed by atoms with Gasteiger partial charge < -0.3 is 10.1 Å². The number of nitro groups is 1. The van der Waals surface area contributed by atoms with Crippen molar-refractivity contribution in [3.63, 3.8) is 0 Å². The number of amides is 1. The number of hydrazone groups is 1. The van der Waals surface area contributed by atoms with Gasteiger partial charge in [0.05, 0.1) is 15.9 Å². The van der Waals surface area contributed by atoms with Gasteiger partial charge in [-0.2, -0.15) is 5.10 Å². The van der Waals surface area contributed by atoms with E-state index in [1.165, 1.54) is 6.07 Å². The van der Waals surface area contributed by atoms with Gasteiger partial charge in [0.25, 0.3) is 0 Å². The Hall–Kier alpha value is -3.28. The lowest BCUT2D eigenvalue weighted by molar-refractivity contribution is -0.394. The fourth-order valence-electron chi connectivity index (χ4n) is 3.08. The van der Waals surface area contributed by atoms with Crippen molar-refractivity contribution in [2.75, 3.05) is 13.1 Å². The predicted octanol–water partition coefficient (Wildman–Crippen LogP) is 1.12. The number of aromatic nitrogens is 4. The number of nitrogens with zero attached hydrogens (tertiary/aromatic N) is 7. The average molecular weight is 404 g/mol. The van der Waals surface area contributed by atoms with E-state index in [1.54, 1.807) is 19.1 Å². The van der Waals surface area contributed by atoms with Gasteiger partial charge in [-0.15, -0.1) is 0 Å². The maximum absolute atomic E-state index is 13.8. The highest BCUT2D eigenvalue weighted by Crippen LogP contribution is 2.20. The van der Waals surface area contributed by atoms with E-state index in [0.29, 0.717) is 43.8 Å². The molecule has 2 heterocycles. The Balaban J connectivity index is 1.44. The molecule has 1 saturated heterocycles. The van der Waals surface area contributed by atoms with E-state index in [1.807, 2.05) is 6.07 Å². The van der Waals surface area contributed by atoms with Crippen LogP contribution in [-0.4, -0.2) is 54.7 Å². The van der Waals surface area contributed by atoms with Crippen LogP contribution in [0.4, 0.5) is 10.3 Å². The molecule has 1 aliphatic rings. The van der Waals surface area contributed by atoms with Crippen LogP contribution >= 0.6 is 0 Å². The van der Waals surface area contributed by atoms with E-state index >= 15 is 0 Å². The molecule has 12 heteroatoms. The first-order valence-electron chi connectivity index (χ1n) is 9.13. The van der Waals surface area contributed by atoms with Crippen LogP contribution in [0, 0.1) is 21.8 Å². The van der Waals surface area contributed by atoms with Crippen LogP contribution in [-0.2, 0) is 17.9 Å². The number of likely N-dealkylation sites (tertiary alicyclic amines) is 1. The van der Waals surface area contributed by atoms with E-state index < -0.39 is 10.9 Å². The van der Waals surface area contributed by atoms with Crippen molar-refractivity contribution in [2.24, 2.45) is 11.0 Å². The third kappa shape index (κ3) is 5.60. The zero-order valence-corrected chi connectivity index (χ0v) is 15.9. The smallest absolute Gasteiger partial charge is 0.390 e. The Morgan fingerprint density at radius 1 is 1.38 bits per heavy atom. The third-order valence-corrected chi connectivity index (χ3v) is 4.64. The van der Waals surface area contributed by atoms with Gasteiger partial charge in [0.1, 0.15) is 12.4 Å². The minimum Gasteiger partial charge on any atom is -0.390 e. The fraction of sp³-hybridized carbons (Fsp3) is 0.471. The first-order chi connectivity index (χ1) is 13.9. The maximum atomic E-state index is 13.8. The highest BCUT2D eigenvalue weighted by atomic mass is 19.1. The van der Waals surface area contributed by atoms with Crippen LogP contribution in [0.1, 0.15) is 25.3 Å². The second-order valence-electron chi connectivity index (χ2n) is 6.84. The molecule has 2 aromatic rings. The van der Waals surface area contributed by atoms with Gasteiger partial charge in [-0.1, -0.05) is 23.0 Å². The summed E-state index contributed by atoms with van der Waals surface area (Å²) in [7, 11) is 0. The van der Waals surface area contributed by atoms with E-state index in [2.05, 4.69) is 30.8 Å². The van der Waals surface area contributed by atoms with Gasteiger partial charge >= 0.3 is 5.95 Å². The van der Waals surface area contributed by atoms with Gasteiger partial charge in [0, 0.05) is 23.2 Å². The lowest BCUT2D eigenvalue weighted by Gasteiger charge is -2.31. The van der Waals surface area contributed by atoms with Crippen molar-refractivity contribution in [1.82, 2.24) is 30.5 Å². The van der Waals surface area contributed by atoms with E-state index in [-0.39, 0.29) is 24.2 Å². The maximum Gasteiger partial charge on any atom is 0.514 e. The Morgan fingerprint density at radius 3 is 2.76 bits per heavy atom. The number of carbonyl (C=O) groups is 1. The average Bonchev–Trinajstić information content (AvgIpc) is 3.17. The van der Waals surface area contributed by atoms with E-state index in [0.717, 1.165) is 4.80 Å². The molecule has 0 aliphatic carbocycles. The summed E-state index contributed by atoms with van der Waals surface area (Å²) in [6, 6.07) is 6.69. The number of hydrogen-bond donors (Lipinski definition) is 1. The molecule has 29 heavy (non-hydrogen) atoms. The molecule has 1 amide bonds. The number of benzene rings is 1. The monoisotopic (exact) mass is 404 g/mol. The lowest BCUT2D eigenvalue weighted by atomic mass is 9.96. The van der Waals surface area contributed by atoms with Crippen LogP contribution in [0.3, 0.4) is 0 Å². The summed E-state index contributed by atoms with van der Waals surface area (Å²) in [6.45, 7) is 3.63. The van der Waals surface area contributed by atoms with Crippen molar-refractivity contribution in [3.05, 3.63) is 45.8 Å². The number of nitrogens with one attached hydrogen (secondary N) is 1. The highest BCUT2D eigenvalue weighted by Gasteiger charge is 2.25. The largest absolute Gasteiger partial charge is 0.514 e. The molecule has 1 fully saturated rings. The zero-order chi connectivity index (χ0) is 20.8. The molecule has 0 spiro atoms. The van der Waals surface area contributed by atoms with Gasteiger partial charge in [-0.3, -0.25) is 9.69 Å². The number of piperidine rings is 1. The van der Waals surface area contributed by atoms with Gasteiger partial charge in [0.2, 0.25) is 5.91 Å². The SMILES string of the molecule is C/C(Cn1nnc([N+](=O)[O-])n1)=N\NC(=O)C1CCN(Cc2ccccc2F)CC1. The lowest BCUT2D eigenvalue weighted by Crippen LogP contribution is -2.39. The summed E-state index contributed by atoms with van der Waals surface area (Å²) in [4.78, 5) is 25.3. The molecule has 3 rings (SSSR count). The van der Waals surface area contributed by atoms with Crippen molar-refractivity contribution in [1.29, 1.82) is 0 Å². The number of tetrazole rings is 1. The standard InChI is InChI=1S/C17H21FN8O3/c1-12(10-25-22-17(21-23-25)26(28)29)19-20-16(27)13-6-8-24(9-7-13)11-14-4-2-3-5-15(14)18/h2-5,13H,6-11H2,1H3,(H,20,27)/b19-12+. The second kappa shape index (κ2) is 9.28. The molecule has 11 nitrogen and oxygen atoms in total. The van der Waals surface area contributed by atoms with E-state index in [9.17, 15) is 19.3 Å². The predicted molar refractivity (Wildman–Crippen MR) is 100 cm³/mol. The van der Waals surface area contributed by atoms with Gasteiger partial charge in [-0.25, -0.2) is 9.82 Å². The summed E-state index contributed by atoms with van der Waals surface area (Å²) in [6.07, 6.45) is 1.32. The van der Waals surface area contributed by atoms with Crippen molar-refractivity contribution < 1.29 is 14.1 Å². The Kier molecular flexibility index (Phi) is 6.54. The minimum absolute atomic E-state index is 0.0716. The summed E-state index contributed by atoms with van der Waals surface area (Å²) in [5.41, 5.74) is 3.65. The first-order valence-corrected chi connectivity index (χ1v) is 9.13. The number of halogens is 1. The molecule has 1 aliphatic heterocycles. The van der Waals surface area contributed by atoms with Gasteiger partial charge in [0.15, 0.2) is 0 Å². The van der Waals surface area contributed by atoms with Crippen molar-refractivity contribution in [2.45, 2.75) is 32.9 Å². The summed E-state index contributed by atoms with van der Waals surface area (Å²) < 4.78 is 13.8. The first kappa shape index (κ1) is 20.5. The molecule has 154 valence electrons. The molecule has 0 atom stereocenters. The van der Waals surface area contributed by atoms with E-state index in [4.69, 9.17) is 0 Å². The molecule has 0 saturated carbocycles. The Morgan fingerprint density at radius 2 is 2.10 bits per heavy atom. The number of rotatable bonds is 7. The normalized spacial score (nSPS) is 16.0. The minimum atomic E-state index is -0.740. The van der Waals surface area contributed by atoms with Crippen LogP contribution in [0.5, 0.6) is 0 Å². The summed E-state index contributed by atoms with van der Waals surface area (Å²) in [5.74, 6) is -1.17. The molecular formula is C17H21FN8O3. The zero-order valence-electron chi connectivity index (χ0n) is 15.9. The fourth-order valence-corrected chi connectivity index (χ4v) is 3.08. The quantitative estimate of drug-likeness (QED) is 0.415. The number of hydrogen-bond acceptors (Lipinski definition) is 8. The molecule has 0 radical (unpaired) electrons. The third-order valence-electron chi connectivity index (χ3n) is 4.64. The molecule has 1 aromatic carbocycles. The highest BCUT2D eigenvalue weighted by molar-refractivity contribution is 5.84. The van der Waals surface area contributed by atoms with Gasteiger partial charge in [-0.05, 0) is 43.8 Å². The van der Waals surface area contributed by atoms with Crippen LogP contribution < -0.4 is 5.43 Å². The molecule has 0 bridgehead atoms. The Bertz CT molecular complexity index is 908. The van der Waals surface area contributed by atoms with Crippen LogP contribution in [0.25, 0.3) is 0 Å². The van der Waals surface area contributed by atoms with Crippen LogP contribution in [0.15, 0.2) is 29.4 Å². The number of carbonyl (C=O) groups excluding carboxylic acids is 1. The molecule has 1 N–H and O–H groups in total. The molecular weight excluding hydrogens is 383 g/mol. The topological polar surface area (TPSA) is 131 Å². The molecule has 0 unspecified atom stereocenters. The van der Waals surface area contributed by atoms with Crippen molar-refractivity contribution >= 4 is 17.6 Å².